The number of nitrogens with zero attached hydrogens (tertiary/aromatic N) is 2. The number of carbonyl (C=O) groups excluding carboxylic acids is 1. The van der Waals surface area contributed by atoms with Gasteiger partial charge < -0.3 is 14.6 Å². The van der Waals surface area contributed by atoms with E-state index in [1.165, 1.54) is 12.5 Å². The van der Waals surface area contributed by atoms with E-state index in [9.17, 15) is 9.59 Å². The number of anilines is 1. The predicted octanol–water partition coefficient (Wildman–Crippen LogP) is 1.73. The summed E-state index contributed by atoms with van der Waals surface area (Å²) in [7, 11) is 0. The Morgan fingerprint density at radius 1 is 1.45 bits per heavy atom. The van der Waals surface area contributed by atoms with E-state index in [2.05, 4.69) is 15.5 Å². The smallest absolute Gasteiger partial charge is 0.289 e. The Kier molecular flexibility index (Phi) is 4.15. The number of piperidine rings is 1. The number of rotatable bonds is 3. The quantitative estimate of drug-likeness (QED) is 0.898. The summed E-state index contributed by atoms with van der Waals surface area (Å²) in [6, 6.07) is 3.50. The molecular formula is C14H15ClN4O3. The first-order chi connectivity index (χ1) is 10.6. The molecular weight excluding hydrogens is 308 g/mol. The van der Waals surface area contributed by atoms with Crippen molar-refractivity contribution in [3.63, 3.8) is 0 Å². The first-order valence-corrected chi connectivity index (χ1v) is 7.35. The van der Waals surface area contributed by atoms with E-state index in [4.69, 9.17) is 16.0 Å². The van der Waals surface area contributed by atoms with Gasteiger partial charge in [0.05, 0.1) is 18.1 Å². The first-order valence-electron chi connectivity index (χ1n) is 6.97. The van der Waals surface area contributed by atoms with Crippen LogP contribution in [0.3, 0.4) is 0 Å². The minimum absolute atomic E-state index is 0.0979. The molecule has 116 valence electrons. The standard InChI is InChI=1S/C14H15ClN4O3/c15-12-10(8-16-18-13(12)20)17-9-3-5-19(6-4-9)14(21)11-2-1-7-22-11/h1-2,7-9H,3-6H2,(H2,17,18,20). The van der Waals surface area contributed by atoms with Crippen LogP contribution in [-0.4, -0.2) is 40.1 Å². The van der Waals surface area contributed by atoms with Gasteiger partial charge in [0.25, 0.3) is 11.5 Å². The molecule has 0 aliphatic carbocycles. The van der Waals surface area contributed by atoms with Crippen molar-refractivity contribution in [2.45, 2.75) is 18.9 Å². The van der Waals surface area contributed by atoms with E-state index >= 15 is 0 Å². The Bertz CT molecular complexity index is 705. The monoisotopic (exact) mass is 322 g/mol. The zero-order valence-corrected chi connectivity index (χ0v) is 12.5. The lowest BCUT2D eigenvalue weighted by Crippen LogP contribution is -2.42. The summed E-state index contributed by atoms with van der Waals surface area (Å²) in [6.45, 7) is 1.23. The fourth-order valence-corrected chi connectivity index (χ4v) is 2.63. The highest BCUT2D eigenvalue weighted by atomic mass is 35.5. The number of aromatic amines is 1. The molecule has 7 nitrogen and oxygen atoms in total. The predicted molar refractivity (Wildman–Crippen MR) is 81.1 cm³/mol. The van der Waals surface area contributed by atoms with E-state index < -0.39 is 5.56 Å². The molecule has 3 rings (SSSR count). The van der Waals surface area contributed by atoms with E-state index in [1.807, 2.05) is 0 Å². The topological polar surface area (TPSA) is 91.2 Å². The molecule has 0 saturated carbocycles. The second-order valence-corrected chi connectivity index (χ2v) is 5.49. The number of furan rings is 1. The highest BCUT2D eigenvalue weighted by molar-refractivity contribution is 6.32. The van der Waals surface area contributed by atoms with Crippen LogP contribution in [0, 0.1) is 0 Å². The molecule has 2 N–H and O–H groups in total. The van der Waals surface area contributed by atoms with Crippen LogP contribution < -0.4 is 10.9 Å². The first kappa shape index (κ1) is 14.6. The Hall–Kier alpha value is -2.28. The number of hydrogen-bond acceptors (Lipinski definition) is 5. The molecule has 0 aromatic carbocycles. The van der Waals surface area contributed by atoms with Crippen molar-refractivity contribution >= 4 is 23.2 Å². The highest BCUT2D eigenvalue weighted by Gasteiger charge is 2.25. The van der Waals surface area contributed by atoms with Crippen LogP contribution in [0.5, 0.6) is 0 Å². The van der Waals surface area contributed by atoms with Gasteiger partial charge in [0.15, 0.2) is 5.76 Å². The van der Waals surface area contributed by atoms with Crippen LogP contribution in [0.4, 0.5) is 5.69 Å². The Morgan fingerprint density at radius 3 is 2.91 bits per heavy atom. The zero-order valence-electron chi connectivity index (χ0n) is 11.7. The number of likely N-dealkylation sites (tertiary alicyclic amines) is 1. The SMILES string of the molecule is O=C(c1ccco1)N1CCC(Nc2cn[nH]c(=O)c2Cl)CC1. The van der Waals surface area contributed by atoms with E-state index in [1.54, 1.807) is 17.0 Å². The van der Waals surface area contributed by atoms with Gasteiger partial charge in [-0.3, -0.25) is 9.59 Å². The molecule has 2 aromatic heterocycles. The molecule has 1 saturated heterocycles. The molecule has 1 aliphatic rings. The minimum Gasteiger partial charge on any atom is -0.459 e. The summed E-state index contributed by atoms with van der Waals surface area (Å²) in [6.07, 6.45) is 4.50. The minimum atomic E-state index is -0.419. The third-order valence-electron chi connectivity index (χ3n) is 3.67. The summed E-state index contributed by atoms with van der Waals surface area (Å²) in [5, 5.41) is 9.31. The lowest BCUT2D eigenvalue weighted by molar-refractivity contribution is 0.0686. The number of aromatic nitrogens is 2. The molecule has 1 aliphatic heterocycles. The maximum Gasteiger partial charge on any atom is 0.289 e. The van der Waals surface area contributed by atoms with Gasteiger partial charge >= 0.3 is 0 Å². The van der Waals surface area contributed by atoms with Gasteiger partial charge in [-0.05, 0) is 25.0 Å². The second kappa shape index (κ2) is 6.23. The van der Waals surface area contributed by atoms with Crippen LogP contribution in [0.1, 0.15) is 23.4 Å². The number of halogens is 1. The Balaban J connectivity index is 1.59. The molecule has 1 amide bonds. The van der Waals surface area contributed by atoms with Crippen LogP contribution in [0.15, 0.2) is 33.8 Å². The number of hydrogen-bond donors (Lipinski definition) is 2. The Morgan fingerprint density at radius 2 is 2.23 bits per heavy atom. The van der Waals surface area contributed by atoms with Crippen molar-refractivity contribution in [3.8, 4) is 0 Å². The van der Waals surface area contributed by atoms with E-state index in [0.717, 1.165) is 12.8 Å². The molecule has 0 bridgehead atoms. The number of H-pyrrole nitrogens is 1. The largest absolute Gasteiger partial charge is 0.459 e. The van der Waals surface area contributed by atoms with Gasteiger partial charge in [-0.15, -0.1) is 0 Å². The van der Waals surface area contributed by atoms with Gasteiger partial charge in [-0.1, -0.05) is 11.6 Å². The van der Waals surface area contributed by atoms with Crippen molar-refractivity contribution in [2.75, 3.05) is 18.4 Å². The van der Waals surface area contributed by atoms with Crippen molar-refractivity contribution in [3.05, 3.63) is 45.7 Å². The summed E-state index contributed by atoms with van der Waals surface area (Å²) >= 11 is 5.94. The second-order valence-electron chi connectivity index (χ2n) is 5.11. The average molecular weight is 323 g/mol. The fraction of sp³-hybridized carbons (Fsp3) is 0.357. The number of nitrogens with one attached hydrogen (secondary N) is 2. The highest BCUT2D eigenvalue weighted by Crippen LogP contribution is 2.21. The van der Waals surface area contributed by atoms with Crippen molar-refractivity contribution < 1.29 is 9.21 Å². The average Bonchev–Trinajstić information content (AvgIpc) is 3.06. The van der Waals surface area contributed by atoms with Crippen molar-refractivity contribution in [1.29, 1.82) is 0 Å². The van der Waals surface area contributed by atoms with Gasteiger partial charge in [-0.25, -0.2) is 5.10 Å². The van der Waals surface area contributed by atoms with Gasteiger partial charge in [0, 0.05) is 19.1 Å². The molecule has 0 unspecified atom stereocenters. The summed E-state index contributed by atoms with van der Waals surface area (Å²) in [5.74, 6) is 0.257. The number of amides is 1. The van der Waals surface area contributed by atoms with Crippen LogP contribution in [0.2, 0.25) is 5.02 Å². The normalized spacial score (nSPS) is 15.8. The van der Waals surface area contributed by atoms with Crippen LogP contribution in [-0.2, 0) is 0 Å². The molecule has 0 atom stereocenters. The molecule has 0 radical (unpaired) electrons. The summed E-state index contributed by atoms with van der Waals surface area (Å²) < 4.78 is 5.13. The van der Waals surface area contributed by atoms with Crippen molar-refractivity contribution in [2.24, 2.45) is 0 Å². The fourth-order valence-electron chi connectivity index (χ4n) is 2.49. The van der Waals surface area contributed by atoms with Gasteiger partial charge in [0.1, 0.15) is 5.02 Å². The summed E-state index contributed by atoms with van der Waals surface area (Å²) in [5.41, 5.74) is 0.0957. The summed E-state index contributed by atoms with van der Waals surface area (Å²) in [4.78, 5) is 25.3. The number of carbonyl (C=O) groups is 1. The van der Waals surface area contributed by atoms with Gasteiger partial charge in [-0.2, -0.15) is 5.10 Å². The molecule has 2 aromatic rings. The maximum atomic E-state index is 12.2. The Labute approximate surface area is 131 Å². The molecule has 0 spiro atoms. The third kappa shape index (κ3) is 2.99. The molecule has 1 fully saturated rings. The molecule has 8 heteroatoms. The third-order valence-corrected chi connectivity index (χ3v) is 4.04. The van der Waals surface area contributed by atoms with Crippen LogP contribution >= 0.6 is 11.6 Å². The van der Waals surface area contributed by atoms with E-state index in [0.29, 0.717) is 24.5 Å². The lowest BCUT2D eigenvalue weighted by atomic mass is 10.0. The maximum absolute atomic E-state index is 12.2. The lowest BCUT2D eigenvalue weighted by Gasteiger charge is -2.32. The molecule has 22 heavy (non-hydrogen) atoms. The van der Waals surface area contributed by atoms with Gasteiger partial charge in [0.2, 0.25) is 0 Å². The van der Waals surface area contributed by atoms with Crippen LogP contribution in [0.25, 0.3) is 0 Å². The molecule has 3 heterocycles. The van der Waals surface area contributed by atoms with Crippen molar-refractivity contribution in [1.82, 2.24) is 15.1 Å². The zero-order chi connectivity index (χ0) is 15.5. The van der Waals surface area contributed by atoms with E-state index in [-0.39, 0.29) is 17.0 Å².